The van der Waals surface area contributed by atoms with Crippen LogP contribution in [0.1, 0.15) is 28.5 Å². The molecule has 2 saturated heterocycles. The van der Waals surface area contributed by atoms with E-state index >= 15 is 0 Å². The number of ether oxygens (including phenoxy) is 1. The fourth-order valence-electron chi connectivity index (χ4n) is 3.66. The number of hydrogen-bond acceptors (Lipinski definition) is 6. The maximum absolute atomic E-state index is 12.6. The van der Waals surface area contributed by atoms with E-state index in [-0.39, 0.29) is 18.1 Å². The monoisotopic (exact) mass is 362 g/mol. The first-order chi connectivity index (χ1) is 13.3. The zero-order valence-electron chi connectivity index (χ0n) is 14.6. The third kappa shape index (κ3) is 3.10. The molecule has 7 nitrogen and oxygen atoms in total. The van der Waals surface area contributed by atoms with E-state index in [9.17, 15) is 4.79 Å². The maximum Gasteiger partial charge on any atom is 0.276 e. The van der Waals surface area contributed by atoms with Crippen molar-refractivity contribution in [2.24, 2.45) is 0 Å². The lowest BCUT2D eigenvalue weighted by molar-refractivity contribution is 0.0255. The highest BCUT2D eigenvalue weighted by Gasteiger charge is 2.42. The van der Waals surface area contributed by atoms with Gasteiger partial charge in [0.15, 0.2) is 5.69 Å². The molecule has 0 aliphatic carbocycles. The van der Waals surface area contributed by atoms with E-state index in [4.69, 9.17) is 9.15 Å². The average Bonchev–Trinajstić information content (AvgIpc) is 3.46. The van der Waals surface area contributed by atoms with Gasteiger partial charge < -0.3 is 14.1 Å². The van der Waals surface area contributed by atoms with Gasteiger partial charge in [0, 0.05) is 12.1 Å². The number of nitrogens with zero attached hydrogens (tertiary/aromatic N) is 4. The van der Waals surface area contributed by atoms with Crippen LogP contribution in [0.2, 0.25) is 0 Å². The van der Waals surface area contributed by atoms with E-state index in [2.05, 4.69) is 15.2 Å². The van der Waals surface area contributed by atoms with E-state index in [1.54, 1.807) is 0 Å². The van der Waals surface area contributed by atoms with Crippen LogP contribution >= 0.6 is 0 Å². The summed E-state index contributed by atoms with van der Waals surface area (Å²) in [7, 11) is 0. The Hall–Kier alpha value is -3.06. The molecule has 2 bridgehead atoms. The summed E-state index contributed by atoms with van der Waals surface area (Å²) in [6, 6.07) is 13.9. The summed E-state index contributed by atoms with van der Waals surface area (Å²) in [6.45, 7) is 1.25. The first-order valence-electron chi connectivity index (χ1n) is 9.01. The quantitative estimate of drug-likeness (QED) is 0.709. The standard InChI is InChI=1S/C20H18N4O3/c25-20(24-10-16-9-15(24)11-26-16)18-12-27-19(21-18)8-14-6-7-17(23-22-14)13-4-2-1-3-5-13/h1-7,12,15-16H,8-11H2/t15-,16-/m0/s1. The van der Waals surface area contributed by atoms with Crippen molar-refractivity contribution < 1.29 is 13.9 Å². The van der Waals surface area contributed by atoms with E-state index in [0.717, 1.165) is 23.4 Å². The second kappa shape index (κ2) is 6.59. The van der Waals surface area contributed by atoms with Gasteiger partial charge in [-0.3, -0.25) is 4.79 Å². The smallest absolute Gasteiger partial charge is 0.276 e. The molecule has 0 spiro atoms. The molecule has 5 rings (SSSR count). The molecule has 2 aliphatic rings. The molecule has 0 unspecified atom stereocenters. The molecule has 7 heteroatoms. The molecule has 136 valence electrons. The predicted molar refractivity (Wildman–Crippen MR) is 96.0 cm³/mol. The Kier molecular flexibility index (Phi) is 3.94. The fraction of sp³-hybridized carbons (Fsp3) is 0.300. The number of rotatable bonds is 4. The number of aromatic nitrogens is 3. The van der Waals surface area contributed by atoms with Crippen molar-refractivity contribution in [2.75, 3.05) is 13.2 Å². The molecule has 1 aromatic carbocycles. The van der Waals surface area contributed by atoms with Crippen LogP contribution < -0.4 is 0 Å². The topological polar surface area (TPSA) is 81.3 Å². The number of benzene rings is 1. The van der Waals surface area contributed by atoms with Gasteiger partial charge in [-0.2, -0.15) is 10.2 Å². The molecule has 3 aromatic rings. The van der Waals surface area contributed by atoms with Crippen LogP contribution in [0.3, 0.4) is 0 Å². The summed E-state index contributed by atoms with van der Waals surface area (Å²) in [5, 5.41) is 8.52. The van der Waals surface area contributed by atoms with E-state index in [0.29, 0.717) is 31.2 Å². The number of amides is 1. The highest BCUT2D eigenvalue weighted by molar-refractivity contribution is 5.92. The number of likely N-dealkylation sites (tertiary alicyclic amines) is 1. The number of hydrogen-bond donors (Lipinski definition) is 0. The van der Waals surface area contributed by atoms with Gasteiger partial charge in [0.25, 0.3) is 5.91 Å². The number of oxazole rings is 1. The first kappa shape index (κ1) is 16.1. The molecule has 2 aliphatic heterocycles. The van der Waals surface area contributed by atoms with Crippen LogP contribution in [-0.4, -0.2) is 51.3 Å². The van der Waals surface area contributed by atoms with Crippen LogP contribution in [0.4, 0.5) is 0 Å². The highest BCUT2D eigenvalue weighted by Crippen LogP contribution is 2.29. The van der Waals surface area contributed by atoms with Gasteiger partial charge in [-0.25, -0.2) is 4.98 Å². The summed E-state index contributed by atoms with van der Waals surface area (Å²) in [4.78, 5) is 18.8. The molecule has 1 amide bonds. The van der Waals surface area contributed by atoms with Gasteiger partial charge in [0.2, 0.25) is 5.89 Å². The Bertz CT molecular complexity index is 955. The Balaban J connectivity index is 1.27. The fourth-order valence-corrected chi connectivity index (χ4v) is 3.66. The number of morpholine rings is 1. The molecule has 0 saturated carbocycles. The number of carbonyl (C=O) groups is 1. The normalized spacial score (nSPS) is 21.0. The third-order valence-corrected chi connectivity index (χ3v) is 5.05. The average molecular weight is 362 g/mol. The molecular weight excluding hydrogens is 344 g/mol. The van der Waals surface area contributed by atoms with Crippen molar-refractivity contribution in [3.8, 4) is 11.3 Å². The van der Waals surface area contributed by atoms with Gasteiger partial charge in [-0.05, 0) is 18.6 Å². The molecule has 2 aromatic heterocycles. The SMILES string of the molecule is O=C(c1coc(Cc2ccc(-c3ccccc3)nn2)n1)N1C[C@@H]2C[C@H]1CO2. The maximum atomic E-state index is 12.6. The molecule has 4 heterocycles. The van der Waals surface area contributed by atoms with E-state index in [1.165, 1.54) is 6.26 Å². The molecule has 27 heavy (non-hydrogen) atoms. The van der Waals surface area contributed by atoms with Gasteiger partial charge in [0.05, 0.1) is 36.6 Å². The minimum atomic E-state index is -0.0914. The van der Waals surface area contributed by atoms with Crippen molar-refractivity contribution in [1.29, 1.82) is 0 Å². The van der Waals surface area contributed by atoms with Gasteiger partial charge in [-0.1, -0.05) is 30.3 Å². The lowest BCUT2D eigenvalue weighted by atomic mass is 10.1. The van der Waals surface area contributed by atoms with E-state index < -0.39 is 0 Å². The zero-order valence-corrected chi connectivity index (χ0v) is 14.6. The highest BCUT2D eigenvalue weighted by atomic mass is 16.5. The Morgan fingerprint density at radius 1 is 1.15 bits per heavy atom. The van der Waals surface area contributed by atoms with Crippen molar-refractivity contribution in [3.63, 3.8) is 0 Å². The van der Waals surface area contributed by atoms with Crippen LogP contribution in [-0.2, 0) is 11.2 Å². The minimum absolute atomic E-state index is 0.0914. The molecule has 2 fully saturated rings. The zero-order chi connectivity index (χ0) is 18.2. The molecule has 2 atom stereocenters. The van der Waals surface area contributed by atoms with Crippen LogP contribution in [0.25, 0.3) is 11.3 Å². The van der Waals surface area contributed by atoms with E-state index in [1.807, 2.05) is 47.4 Å². The predicted octanol–water partition coefficient (Wildman–Crippen LogP) is 2.34. The summed E-state index contributed by atoms with van der Waals surface area (Å²) in [5.74, 6) is 0.368. The first-order valence-corrected chi connectivity index (χ1v) is 9.01. The van der Waals surface area contributed by atoms with Crippen molar-refractivity contribution in [1.82, 2.24) is 20.1 Å². The molecule has 0 radical (unpaired) electrons. The summed E-state index contributed by atoms with van der Waals surface area (Å²) in [6.07, 6.45) is 2.91. The minimum Gasteiger partial charge on any atom is -0.448 e. The van der Waals surface area contributed by atoms with Gasteiger partial charge >= 0.3 is 0 Å². The lowest BCUT2D eigenvalue weighted by Gasteiger charge is -2.25. The third-order valence-electron chi connectivity index (χ3n) is 5.05. The summed E-state index contributed by atoms with van der Waals surface area (Å²) in [5.41, 5.74) is 2.91. The molecular formula is C20H18N4O3. The van der Waals surface area contributed by atoms with Crippen molar-refractivity contribution >= 4 is 5.91 Å². The van der Waals surface area contributed by atoms with Crippen molar-refractivity contribution in [2.45, 2.75) is 25.0 Å². The van der Waals surface area contributed by atoms with Crippen LogP contribution in [0.15, 0.2) is 53.1 Å². The lowest BCUT2D eigenvalue weighted by Crippen LogP contribution is -2.41. The van der Waals surface area contributed by atoms with Crippen molar-refractivity contribution in [3.05, 3.63) is 66.0 Å². The summed E-state index contributed by atoms with van der Waals surface area (Å²) >= 11 is 0. The second-order valence-corrected chi connectivity index (χ2v) is 6.88. The van der Waals surface area contributed by atoms with Crippen LogP contribution in [0.5, 0.6) is 0 Å². The second-order valence-electron chi connectivity index (χ2n) is 6.88. The largest absolute Gasteiger partial charge is 0.448 e. The Morgan fingerprint density at radius 3 is 2.74 bits per heavy atom. The Morgan fingerprint density at radius 2 is 2.04 bits per heavy atom. The van der Waals surface area contributed by atoms with Gasteiger partial charge in [-0.15, -0.1) is 0 Å². The Labute approximate surface area is 156 Å². The summed E-state index contributed by atoms with van der Waals surface area (Å²) < 4.78 is 11.0. The number of carbonyl (C=O) groups excluding carboxylic acids is 1. The number of fused-ring (bicyclic) bond motifs is 2. The van der Waals surface area contributed by atoms with Gasteiger partial charge in [0.1, 0.15) is 6.26 Å². The molecule has 0 N–H and O–H groups in total. The van der Waals surface area contributed by atoms with Crippen LogP contribution in [0, 0.1) is 0 Å².